The van der Waals surface area contributed by atoms with Crippen LogP contribution in [0.15, 0.2) is 23.3 Å². The van der Waals surface area contributed by atoms with Crippen molar-refractivity contribution in [3.63, 3.8) is 0 Å². The number of Topliss-reactive ketones (excluding diaryl/α,β-unsaturated/α-hetero) is 1. The molecular weight excluding hydrogens is 384 g/mol. The van der Waals surface area contributed by atoms with Crippen molar-refractivity contribution < 1.29 is 29.3 Å². The van der Waals surface area contributed by atoms with E-state index in [2.05, 4.69) is 13.0 Å². The van der Waals surface area contributed by atoms with Gasteiger partial charge in [0.25, 0.3) is 0 Å². The second-order valence-electron chi connectivity index (χ2n) is 10.3. The van der Waals surface area contributed by atoms with Gasteiger partial charge in [-0.05, 0) is 61.5 Å². The summed E-state index contributed by atoms with van der Waals surface area (Å²) >= 11 is 0. The van der Waals surface area contributed by atoms with Gasteiger partial charge in [-0.15, -0.1) is 0 Å². The maximum absolute atomic E-state index is 12.9. The van der Waals surface area contributed by atoms with Crippen LogP contribution in [0, 0.1) is 28.6 Å². The van der Waals surface area contributed by atoms with E-state index in [1.165, 1.54) is 6.92 Å². The zero-order valence-electron chi connectivity index (χ0n) is 18.2. The van der Waals surface area contributed by atoms with Gasteiger partial charge < -0.3 is 14.9 Å². The molecule has 4 aliphatic rings. The highest BCUT2D eigenvalue weighted by Gasteiger charge is 2.68. The summed E-state index contributed by atoms with van der Waals surface area (Å²) in [5, 5.41) is 22.9. The molecule has 4 rings (SSSR count). The Kier molecular flexibility index (Phi) is 4.90. The van der Waals surface area contributed by atoms with Gasteiger partial charge in [0.2, 0.25) is 5.78 Å². The number of hydrogen-bond donors (Lipinski definition) is 2. The van der Waals surface area contributed by atoms with Crippen molar-refractivity contribution in [1.29, 1.82) is 0 Å². The van der Waals surface area contributed by atoms with Crippen LogP contribution in [-0.4, -0.2) is 46.1 Å². The first-order valence-corrected chi connectivity index (χ1v) is 10.9. The highest BCUT2D eigenvalue weighted by Crippen LogP contribution is 2.67. The number of esters is 1. The normalized spacial score (nSPS) is 44.9. The number of aliphatic hydroxyl groups is 2. The van der Waals surface area contributed by atoms with Crippen molar-refractivity contribution in [1.82, 2.24) is 0 Å². The Labute approximate surface area is 177 Å². The summed E-state index contributed by atoms with van der Waals surface area (Å²) in [5.41, 5.74) is -0.628. The fraction of sp³-hybridized carbons (Fsp3) is 0.708. The molecule has 2 saturated carbocycles. The highest BCUT2D eigenvalue weighted by atomic mass is 16.5. The maximum Gasteiger partial charge on any atom is 0.303 e. The molecule has 0 bridgehead atoms. The Morgan fingerprint density at radius 3 is 2.63 bits per heavy atom. The SMILES string of the molecule is CC(=O)OCC(=O)[C@@]1(O)CC[C@H]2[C@@H]3C=C(C)C4=CC(=O)CC[C@]4(C)C3[C@@H](O)C[C@@]21C. The van der Waals surface area contributed by atoms with Crippen LogP contribution in [0.2, 0.25) is 0 Å². The lowest BCUT2D eigenvalue weighted by atomic mass is 9.46. The Hall–Kier alpha value is -1.79. The summed E-state index contributed by atoms with van der Waals surface area (Å²) in [7, 11) is 0. The first-order chi connectivity index (χ1) is 13.9. The van der Waals surface area contributed by atoms with Gasteiger partial charge in [0.15, 0.2) is 12.4 Å². The summed E-state index contributed by atoms with van der Waals surface area (Å²) in [4.78, 5) is 36.2. The molecule has 0 aromatic carbocycles. The first-order valence-electron chi connectivity index (χ1n) is 10.9. The molecule has 6 heteroatoms. The van der Waals surface area contributed by atoms with Gasteiger partial charge >= 0.3 is 5.97 Å². The molecule has 0 aromatic rings. The van der Waals surface area contributed by atoms with Crippen LogP contribution in [0.25, 0.3) is 0 Å². The molecule has 2 N–H and O–H groups in total. The van der Waals surface area contributed by atoms with Crippen LogP contribution in [0.3, 0.4) is 0 Å². The molecule has 0 aliphatic heterocycles. The molecule has 0 radical (unpaired) electrons. The number of allylic oxidation sites excluding steroid dienone is 4. The Balaban J connectivity index is 1.73. The number of hydrogen-bond acceptors (Lipinski definition) is 6. The minimum atomic E-state index is -1.62. The van der Waals surface area contributed by atoms with Crippen molar-refractivity contribution in [3.05, 3.63) is 23.3 Å². The average molecular weight is 417 g/mol. The summed E-state index contributed by atoms with van der Waals surface area (Å²) in [6.07, 6.45) is 5.68. The largest absolute Gasteiger partial charge is 0.458 e. The quantitative estimate of drug-likeness (QED) is 0.686. The fourth-order valence-electron chi connectivity index (χ4n) is 7.30. The van der Waals surface area contributed by atoms with Gasteiger partial charge in [0, 0.05) is 24.7 Å². The summed E-state index contributed by atoms with van der Waals surface area (Å²) in [6, 6.07) is 0. The molecule has 0 heterocycles. The first kappa shape index (κ1) is 21.4. The molecule has 7 atom stereocenters. The molecule has 2 fully saturated rings. The number of ketones is 2. The Morgan fingerprint density at radius 1 is 1.27 bits per heavy atom. The zero-order valence-corrected chi connectivity index (χ0v) is 18.2. The molecule has 0 spiro atoms. The van der Waals surface area contributed by atoms with Gasteiger partial charge in [-0.2, -0.15) is 0 Å². The highest BCUT2D eigenvalue weighted by molar-refractivity contribution is 5.93. The number of carbonyl (C=O) groups is 3. The minimum Gasteiger partial charge on any atom is -0.458 e. The number of ether oxygens (including phenoxy) is 1. The van der Waals surface area contributed by atoms with E-state index < -0.39 is 35.5 Å². The van der Waals surface area contributed by atoms with E-state index in [0.29, 0.717) is 32.1 Å². The van der Waals surface area contributed by atoms with Gasteiger partial charge in [0.05, 0.1) is 6.10 Å². The lowest BCUT2D eigenvalue weighted by Gasteiger charge is -2.59. The van der Waals surface area contributed by atoms with E-state index in [1.807, 2.05) is 13.8 Å². The summed E-state index contributed by atoms with van der Waals surface area (Å²) in [6.45, 7) is 6.86. The molecule has 1 unspecified atom stereocenters. The third-order valence-electron chi connectivity index (χ3n) is 8.79. The second-order valence-corrected chi connectivity index (χ2v) is 10.3. The smallest absolute Gasteiger partial charge is 0.303 e. The van der Waals surface area contributed by atoms with Crippen molar-refractivity contribution >= 4 is 17.5 Å². The van der Waals surface area contributed by atoms with Gasteiger partial charge in [-0.25, -0.2) is 0 Å². The third kappa shape index (κ3) is 2.79. The number of rotatable bonds is 3. The van der Waals surface area contributed by atoms with E-state index in [-0.39, 0.29) is 29.0 Å². The molecule has 4 aliphatic carbocycles. The predicted molar refractivity (Wildman–Crippen MR) is 109 cm³/mol. The lowest BCUT2D eigenvalue weighted by molar-refractivity contribution is -0.177. The molecule has 0 saturated heterocycles. The van der Waals surface area contributed by atoms with E-state index in [4.69, 9.17) is 4.74 Å². The Morgan fingerprint density at radius 2 is 1.97 bits per heavy atom. The number of fused-ring (bicyclic) bond motifs is 5. The standard InChI is InChI=1S/C24H32O6/c1-13-9-16-17-6-8-24(29,20(28)12-30-14(2)25)23(17,4)11-19(27)21(16)22(3)7-5-15(26)10-18(13)22/h9-10,16-17,19,21,27,29H,5-8,11-12H2,1-4H3/t16-,17-,19-,21?,22-,23-,24-/m0/s1. The van der Waals surface area contributed by atoms with Crippen LogP contribution in [0.4, 0.5) is 0 Å². The van der Waals surface area contributed by atoms with Gasteiger partial charge in [0.1, 0.15) is 5.60 Å². The summed E-state index contributed by atoms with van der Waals surface area (Å²) in [5.74, 6) is -0.910. The molecule has 6 nitrogen and oxygen atoms in total. The molecular formula is C24H32O6. The molecule has 164 valence electrons. The maximum atomic E-state index is 12.9. The molecule has 30 heavy (non-hydrogen) atoms. The summed E-state index contributed by atoms with van der Waals surface area (Å²) < 4.78 is 4.89. The van der Waals surface area contributed by atoms with Crippen molar-refractivity contribution in [2.45, 2.75) is 71.5 Å². The van der Waals surface area contributed by atoms with Crippen LogP contribution >= 0.6 is 0 Å². The number of aliphatic hydroxyl groups excluding tert-OH is 1. The monoisotopic (exact) mass is 416 g/mol. The van der Waals surface area contributed by atoms with Crippen molar-refractivity contribution in [3.8, 4) is 0 Å². The van der Waals surface area contributed by atoms with Gasteiger partial charge in [-0.1, -0.05) is 25.5 Å². The predicted octanol–water partition coefficient (Wildman–Crippen LogP) is 2.52. The molecule has 0 amide bonds. The zero-order chi connectivity index (χ0) is 22.1. The van der Waals surface area contributed by atoms with Crippen LogP contribution in [0.1, 0.15) is 59.8 Å². The average Bonchev–Trinajstić information content (AvgIpc) is 2.93. The van der Waals surface area contributed by atoms with E-state index in [0.717, 1.165) is 11.1 Å². The molecule has 0 aromatic heterocycles. The van der Waals surface area contributed by atoms with E-state index >= 15 is 0 Å². The van der Waals surface area contributed by atoms with E-state index in [1.54, 1.807) is 6.08 Å². The fourth-order valence-corrected chi connectivity index (χ4v) is 7.30. The van der Waals surface area contributed by atoms with E-state index in [9.17, 15) is 24.6 Å². The second kappa shape index (κ2) is 6.86. The van der Waals surface area contributed by atoms with Crippen molar-refractivity contribution in [2.75, 3.05) is 6.61 Å². The van der Waals surface area contributed by atoms with Gasteiger partial charge in [-0.3, -0.25) is 14.4 Å². The minimum absolute atomic E-state index is 0.0182. The third-order valence-corrected chi connectivity index (χ3v) is 8.79. The van der Waals surface area contributed by atoms with Crippen LogP contribution < -0.4 is 0 Å². The number of carbonyl (C=O) groups excluding carboxylic acids is 3. The Bertz CT molecular complexity index is 871. The van der Waals surface area contributed by atoms with Crippen molar-refractivity contribution in [2.24, 2.45) is 28.6 Å². The van der Waals surface area contributed by atoms with Crippen LogP contribution in [-0.2, 0) is 19.1 Å². The lowest BCUT2D eigenvalue weighted by Crippen LogP contribution is -2.61. The topological polar surface area (TPSA) is 101 Å². The van der Waals surface area contributed by atoms with Crippen LogP contribution in [0.5, 0.6) is 0 Å².